The molecule has 0 aliphatic rings. The SMILES string of the molecule is C=CCOC(=O)CCC(N)C(=O)OC(=O)C(F)(F)F. The average molecular weight is 283 g/mol. The molecule has 0 aromatic heterocycles. The van der Waals surface area contributed by atoms with E-state index in [1.807, 2.05) is 0 Å². The second-order valence-electron chi connectivity index (χ2n) is 3.32. The number of hydrogen-bond donors (Lipinski definition) is 1. The van der Waals surface area contributed by atoms with E-state index in [0.29, 0.717) is 0 Å². The molecule has 6 nitrogen and oxygen atoms in total. The molecule has 0 aromatic rings. The van der Waals surface area contributed by atoms with E-state index >= 15 is 0 Å². The first-order valence-corrected chi connectivity index (χ1v) is 5.03. The molecule has 0 aliphatic heterocycles. The Morgan fingerprint density at radius 3 is 2.37 bits per heavy atom. The van der Waals surface area contributed by atoms with E-state index in [2.05, 4.69) is 16.1 Å². The molecule has 9 heteroatoms. The van der Waals surface area contributed by atoms with E-state index < -0.39 is 30.1 Å². The van der Waals surface area contributed by atoms with Gasteiger partial charge in [0, 0.05) is 6.42 Å². The van der Waals surface area contributed by atoms with Crippen molar-refractivity contribution in [1.29, 1.82) is 0 Å². The Balaban J connectivity index is 4.11. The van der Waals surface area contributed by atoms with Gasteiger partial charge < -0.3 is 15.2 Å². The highest BCUT2D eigenvalue weighted by Crippen LogP contribution is 2.17. The quantitative estimate of drug-likeness (QED) is 0.432. The third kappa shape index (κ3) is 7.19. The standard InChI is InChI=1S/C10H12F3NO5/c1-2-5-18-7(15)4-3-6(14)8(16)19-9(17)10(11,12)13/h2,6H,1,3-5,14H2. The summed E-state index contributed by atoms with van der Waals surface area (Å²) in [4.78, 5) is 32.3. The average Bonchev–Trinajstić information content (AvgIpc) is 2.31. The first kappa shape index (κ1) is 17.1. The summed E-state index contributed by atoms with van der Waals surface area (Å²) in [5, 5.41) is 0. The maximum Gasteiger partial charge on any atom is 0.491 e. The summed E-state index contributed by atoms with van der Waals surface area (Å²) in [5.74, 6) is -4.91. The molecule has 0 heterocycles. The highest BCUT2D eigenvalue weighted by atomic mass is 19.4. The lowest BCUT2D eigenvalue weighted by Gasteiger charge is -2.10. The van der Waals surface area contributed by atoms with Gasteiger partial charge in [0.1, 0.15) is 12.6 Å². The summed E-state index contributed by atoms with van der Waals surface area (Å²) in [6.07, 6.45) is -4.57. The number of rotatable bonds is 6. The van der Waals surface area contributed by atoms with Crippen LogP contribution in [0.3, 0.4) is 0 Å². The van der Waals surface area contributed by atoms with Crippen LogP contribution in [0.2, 0.25) is 0 Å². The first-order chi connectivity index (χ1) is 8.68. The second-order valence-corrected chi connectivity index (χ2v) is 3.32. The number of hydrogen-bond acceptors (Lipinski definition) is 6. The monoisotopic (exact) mass is 283 g/mol. The number of alkyl halides is 3. The fourth-order valence-electron chi connectivity index (χ4n) is 0.840. The zero-order valence-electron chi connectivity index (χ0n) is 9.74. The van der Waals surface area contributed by atoms with Gasteiger partial charge in [-0.15, -0.1) is 0 Å². The highest BCUT2D eigenvalue weighted by Gasteiger charge is 2.43. The third-order valence-electron chi connectivity index (χ3n) is 1.75. The van der Waals surface area contributed by atoms with Crippen LogP contribution in [0.5, 0.6) is 0 Å². The van der Waals surface area contributed by atoms with Crippen LogP contribution in [0, 0.1) is 0 Å². The van der Waals surface area contributed by atoms with Crippen LogP contribution in [-0.4, -0.2) is 36.7 Å². The summed E-state index contributed by atoms with van der Waals surface area (Å²) >= 11 is 0. The third-order valence-corrected chi connectivity index (χ3v) is 1.75. The Kier molecular flexibility index (Phi) is 6.76. The molecular weight excluding hydrogens is 271 g/mol. The van der Waals surface area contributed by atoms with E-state index in [9.17, 15) is 27.6 Å². The topological polar surface area (TPSA) is 95.7 Å². The number of nitrogens with two attached hydrogens (primary N) is 1. The summed E-state index contributed by atoms with van der Waals surface area (Å²) in [6.45, 7) is 3.26. The van der Waals surface area contributed by atoms with Crippen LogP contribution in [0.4, 0.5) is 13.2 Å². The lowest BCUT2D eigenvalue weighted by atomic mass is 10.2. The number of ether oxygens (including phenoxy) is 2. The molecule has 1 unspecified atom stereocenters. The predicted octanol–water partition coefficient (Wildman–Crippen LogP) is 0.455. The van der Waals surface area contributed by atoms with Gasteiger partial charge in [0.2, 0.25) is 0 Å². The van der Waals surface area contributed by atoms with Gasteiger partial charge >= 0.3 is 24.1 Å². The van der Waals surface area contributed by atoms with Gasteiger partial charge in [-0.2, -0.15) is 13.2 Å². The number of esters is 3. The molecule has 0 rings (SSSR count). The minimum absolute atomic E-state index is 0.0366. The number of carbonyl (C=O) groups is 3. The fraction of sp³-hybridized carbons (Fsp3) is 0.500. The van der Waals surface area contributed by atoms with Gasteiger partial charge in [-0.1, -0.05) is 12.7 Å². The largest absolute Gasteiger partial charge is 0.491 e. The van der Waals surface area contributed by atoms with Crippen molar-refractivity contribution in [2.24, 2.45) is 5.73 Å². The first-order valence-electron chi connectivity index (χ1n) is 5.03. The molecule has 0 saturated heterocycles. The summed E-state index contributed by atoms with van der Waals surface area (Å²) in [6, 6.07) is -1.53. The van der Waals surface area contributed by atoms with Crippen LogP contribution < -0.4 is 5.73 Å². The number of carbonyl (C=O) groups excluding carboxylic acids is 3. The Bertz CT molecular complexity index is 367. The van der Waals surface area contributed by atoms with E-state index in [4.69, 9.17) is 5.73 Å². The van der Waals surface area contributed by atoms with Crippen molar-refractivity contribution >= 4 is 17.9 Å². The molecule has 0 fully saturated rings. The van der Waals surface area contributed by atoms with Crippen molar-refractivity contribution in [3.63, 3.8) is 0 Å². The van der Waals surface area contributed by atoms with Crippen molar-refractivity contribution in [3.8, 4) is 0 Å². The van der Waals surface area contributed by atoms with Gasteiger partial charge in [-0.05, 0) is 6.42 Å². The van der Waals surface area contributed by atoms with E-state index in [-0.39, 0.29) is 19.4 Å². The van der Waals surface area contributed by atoms with E-state index in [1.54, 1.807) is 0 Å². The van der Waals surface area contributed by atoms with Gasteiger partial charge in [0.25, 0.3) is 0 Å². The molecule has 1 atom stereocenters. The lowest BCUT2D eigenvalue weighted by molar-refractivity contribution is -0.202. The highest BCUT2D eigenvalue weighted by molar-refractivity contribution is 5.91. The van der Waals surface area contributed by atoms with E-state index in [1.165, 1.54) is 6.08 Å². The van der Waals surface area contributed by atoms with Gasteiger partial charge in [0.05, 0.1) is 0 Å². The smallest absolute Gasteiger partial charge is 0.461 e. The fourth-order valence-corrected chi connectivity index (χ4v) is 0.840. The molecular formula is C10H12F3NO5. The van der Waals surface area contributed by atoms with Crippen LogP contribution in [0.1, 0.15) is 12.8 Å². The van der Waals surface area contributed by atoms with Crippen molar-refractivity contribution in [2.45, 2.75) is 25.1 Å². The molecule has 0 spiro atoms. The Morgan fingerprint density at radius 1 is 1.32 bits per heavy atom. The minimum Gasteiger partial charge on any atom is -0.461 e. The zero-order chi connectivity index (χ0) is 15.1. The van der Waals surface area contributed by atoms with Crippen molar-refractivity contribution in [1.82, 2.24) is 0 Å². The molecule has 0 bridgehead atoms. The Hall–Kier alpha value is -1.90. The van der Waals surface area contributed by atoms with Gasteiger partial charge in [0.15, 0.2) is 0 Å². The van der Waals surface area contributed by atoms with Crippen LogP contribution >= 0.6 is 0 Å². The predicted molar refractivity (Wildman–Crippen MR) is 55.5 cm³/mol. The summed E-state index contributed by atoms with van der Waals surface area (Å²) < 4.78 is 43.4. The minimum atomic E-state index is -5.28. The summed E-state index contributed by atoms with van der Waals surface area (Å²) in [7, 11) is 0. The molecule has 19 heavy (non-hydrogen) atoms. The van der Waals surface area contributed by atoms with Crippen LogP contribution in [-0.2, 0) is 23.9 Å². The zero-order valence-corrected chi connectivity index (χ0v) is 9.74. The van der Waals surface area contributed by atoms with Gasteiger partial charge in [-0.25, -0.2) is 9.59 Å². The second kappa shape index (κ2) is 7.52. The Labute approximate surface area is 106 Å². The van der Waals surface area contributed by atoms with E-state index in [0.717, 1.165) is 0 Å². The maximum atomic E-state index is 11.8. The summed E-state index contributed by atoms with van der Waals surface area (Å²) in [5.41, 5.74) is 5.16. The molecule has 0 radical (unpaired) electrons. The molecule has 0 aliphatic carbocycles. The maximum absolute atomic E-state index is 11.8. The van der Waals surface area contributed by atoms with Crippen molar-refractivity contribution in [3.05, 3.63) is 12.7 Å². The molecule has 0 aromatic carbocycles. The van der Waals surface area contributed by atoms with Crippen LogP contribution in [0.25, 0.3) is 0 Å². The molecule has 108 valence electrons. The van der Waals surface area contributed by atoms with Gasteiger partial charge in [-0.3, -0.25) is 4.79 Å². The molecule has 0 amide bonds. The van der Waals surface area contributed by atoms with Crippen molar-refractivity contribution < 1.29 is 37.0 Å². The van der Waals surface area contributed by atoms with Crippen LogP contribution in [0.15, 0.2) is 12.7 Å². The molecule has 2 N–H and O–H groups in total. The molecule has 0 saturated carbocycles. The number of halogens is 3. The lowest BCUT2D eigenvalue weighted by Crippen LogP contribution is -2.38. The van der Waals surface area contributed by atoms with Crippen molar-refractivity contribution in [2.75, 3.05) is 6.61 Å². The normalized spacial score (nSPS) is 12.4. The Morgan fingerprint density at radius 2 is 1.89 bits per heavy atom.